The number of allylic oxidation sites excluding steroid dienone is 7. The van der Waals surface area contributed by atoms with Gasteiger partial charge in [-0.05, 0) is 57.8 Å². The van der Waals surface area contributed by atoms with Crippen LogP contribution in [0.25, 0.3) is 0 Å². The predicted octanol–water partition coefficient (Wildman–Crippen LogP) is 13.7. The van der Waals surface area contributed by atoms with Gasteiger partial charge in [0.2, 0.25) is 5.91 Å². The van der Waals surface area contributed by atoms with E-state index in [1.54, 1.807) is 6.08 Å². The van der Waals surface area contributed by atoms with Gasteiger partial charge in [-0.15, -0.1) is 0 Å². The molecule has 0 radical (unpaired) electrons. The molecule has 8 unspecified atom stereocenters. The monoisotopic (exact) mass is 1020 g/mol. The first-order valence-electron chi connectivity index (χ1n) is 29.9. The fourth-order valence-electron chi connectivity index (χ4n) is 9.25. The van der Waals surface area contributed by atoms with E-state index in [0.717, 1.165) is 77.0 Å². The number of hydrogen-bond acceptors (Lipinski definition) is 10. The van der Waals surface area contributed by atoms with Crippen LogP contribution in [0.2, 0.25) is 0 Å². The van der Waals surface area contributed by atoms with Gasteiger partial charge in [0, 0.05) is 6.42 Å². The summed E-state index contributed by atoms with van der Waals surface area (Å²) in [5, 5.41) is 56.8. The molecule has 0 spiro atoms. The number of aliphatic hydroxyl groups is 5. The smallest absolute Gasteiger partial charge is 0.306 e. The Bertz CT molecular complexity index is 1350. The number of amides is 1. The van der Waals surface area contributed by atoms with Gasteiger partial charge in [0.05, 0.1) is 25.4 Å². The van der Waals surface area contributed by atoms with Crippen LogP contribution in [0.5, 0.6) is 0 Å². The number of nitrogens with one attached hydrogen (secondary N) is 1. The Morgan fingerprint density at radius 3 is 1.50 bits per heavy atom. The van der Waals surface area contributed by atoms with Crippen molar-refractivity contribution in [3.05, 3.63) is 48.6 Å². The summed E-state index contributed by atoms with van der Waals surface area (Å²) in [6, 6.07) is -1.03. The molecule has 0 aromatic carbocycles. The maximum Gasteiger partial charge on any atom is 0.306 e. The largest absolute Gasteiger partial charge is 0.454 e. The molecule has 0 aromatic rings. The maximum absolute atomic E-state index is 13.3. The Balaban J connectivity index is 2.67. The molecule has 6 N–H and O–H groups in total. The molecular formula is C61H111NO10. The van der Waals surface area contributed by atoms with Gasteiger partial charge in [0.25, 0.3) is 0 Å². The SMILES string of the molecule is CC/C=C/C/C=C/C/C=C/CCCCCC(O)C(=O)NC(COC1OC(CO)C(O)C(O)C1OC(=O)CCCCCCCCCCCCCCCCCCCCC)C(O)/C=C/CCCCCCCCCCC. The average molecular weight is 1020 g/mol. The lowest BCUT2D eigenvalue weighted by molar-refractivity contribution is -0.305. The summed E-state index contributed by atoms with van der Waals surface area (Å²) in [6.45, 7) is 5.66. The van der Waals surface area contributed by atoms with E-state index in [9.17, 15) is 35.1 Å². The van der Waals surface area contributed by atoms with Gasteiger partial charge in [-0.1, -0.05) is 249 Å². The molecule has 1 heterocycles. The van der Waals surface area contributed by atoms with E-state index in [1.807, 2.05) is 6.08 Å². The molecule has 0 bridgehead atoms. The molecule has 0 aromatic heterocycles. The Labute approximate surface area is 440 Å². The molecule has 420 valence electrons. The van der Waals surface area contributed by atoms with Crippen LogP contribution >= 0.6 is 0 Å². The van der Waals surface area contributed by atoms with E-state index >= 15 is 0 Å². The van der Waals surface area contributed by atoms with Gasteiger partial charge in [-0.2, -0.15) is 0 Å². The Hall–Kier alpha value is -2.38. The topological polar surface area (TPSA) is 175 Å². The second kappa shape index (κ2) is 49.5. The lowest BCUT2D eigenvalue weighted by atomic mass is 9.99. The second-order valence-corrected chi connectivity index (χ2v) is 20.7. The van der Waals surface area contributed by atoms with E-state index in [1.165, 1.54) is 141 Å². The van der Waals surface area contributed by atoms with Crippen LogP contribution in [-0.2, 0) is 23.8 Å². The number of rotatable bonds is 50. The summed E-state index contributed by atoms with van der Waals surface area (Å²) in [7, 11) is 0. The fourth-order valence-corrected chi connectivity index (χ4v) is 9.25. The van der Waals surface area contributed by atoms with E-state index in [4.69, 9.17) is 14.2 Å². The molecule has 0 aliphatic carbocycles. The highest BCUT2D eigenvalue weighted by molar-refractivity contribution is 5.80. The molecule has 1 amide bonds. The van der Waals surface area contributed by atoms with Crippen LogP contribution < -0.4 is 5.32 Å². The van der Waals surface area contributed by atoms with Gasteiger partial charge < -0.3 is 45.1 Å². The molecule has 1 fully saturated rings. The molecule has 8 atom stereocenters. The fraction of sp³-hybridized carbons (Fsp3) is 0.836. The van der Waals surface area contributed by atoms with Crippen LogP contribution in [0.4, 0.5) is 0 Å². The quantitative estimate of drug-likeness (QED) is 0.0195. The summed E-state index contributed by atoms with van der Waals surface area (Å²) >= 11 is 0. The highest BCUT2D eigenvalue weighted by atomic mass is 16.7. The highest BCUT2D eigenvalue weighted by Crippen LogP contribution is 2.26. The van der Waals surface area contributed by atoms with E-state index in [-0.39, 0.29) is 19.4 Å². The van der Waals surface area contributed by atoms with Crippen molar-refractivity contribution in [1.82, 2.24) is 5.32 Å². The van der Waals surface area contributed by atoms with Crippen LogP contribution in [0.1, 0.15) is 265 Å². The minimum absolute atomic E-state index is 0.124. The first-order valence-corrected chi connectivity index (χ1v) is 29.9. The first kappa shape index (κ1) is 67.6. The summed E-state index contributed by atoms with van der Waals surface area (Å²) in [6.07, 6.45) is 48.8. The van der Waals surface area contributed by atoms with Crippen LogP contribution in [0, 0.1) is 0 Å². The second-order valence-electron chi connectivity index (χ2n) is 20.7. The van der Waals surface area contributed by atoms with Gasteiger partial charge in [0.1, 0.15) is 24.4 Å². The molecule has 1 rings (SSSR count). The van der Waals surface area contributed by atoms with Crippen molar-refractivity contribution in [2.75, 3.05) is 13.2 Å². The average Bonchev–Trinajstić information content (AvgIpc) is 3.38. The van der Waals surface area contributed by atoms with Crippen LogP contribution in [0.3, 0.4) is 0 Å². The standard InChI is InChI=1S/C61H111NO10/c1-4-7-10-13-16-19-22-24-25-26-27-28-29-31-34-37-40-43-46-49-56(66)72-59-58(68)57(67)55(50-63)71-61(59)70-51-52(53(64)47-44-41-38-35-32-21-18-15-12-9-6-3)62-60(69)54(65)48-45-42-39-36-33-30-23-20-17-14-11-8-5-2/h8,11,17,20,30,33,44,47,52-55,57-59,61,63-65,67-68H,4-7,9-10,12-16,18-19,21-29,31-32,34-43,45-46,48-51H2,1-3H3,(H,62,69)/b11-8+,20-17+,33-30+,47-44+. The zero-order valence-corrected chi connectivity index (χ0v) is 46.3. The highest BCUT2D eigenvalue weighted by Gasteiger charge is 2.47. The molecule has 11 heteroatoms. The molecule has 72 heavy (non-hydrogen) atoms. The van der Waals surface area contributed by atoms with Gasteiger partial charge in [0.15, 0.2) is 12.4 Å². The minimum Gasteiger partial charge on any atom is -0.454 e. The third-order valence-electron chi connectivity index (χ3n) is 14.0. The third-order valence-corrected chi connectivity index (χ3v) is 14.0. The normalized spacial score (nSPS) is 19.8. The van der Waals surface area contributed by atoms with Gasteiger partial charge in [-0.3, -0.25) is 9.59 Å². The van der Waals surface area contributed by atoms with Gasteiger partial charge in [-0.25, -0.2) is 0 Å². The predicted molar refractivity (Wildman–Crippen MR) is 297 cm³/mol. The Kier molecular flexibility index (Phi) is 46.5. The molecule has 1 aliphatic rings. The van der Waals surface area contributed by atoms with Crippen LogP contribution in [-0.4, -0.2) is 99.6 Å². The Morgan fingerprint density at radius 1 is 0.556 bits per heavy atom. The summed E-state index contributed by atoms with van der Waals surface area (Å²) in [4.78, 5) is 26.5. The zero-order chi connectivity index (χ0) is 52.5. The van der Waals surface area contributed by atoms with Crippen molar-refractivity contribution in [2.45, 2.75) is 314 Å². The summed E-state index contributed by atoms with van der Waals surface area (Å²) in [5.41, 5.74) is 0. The number of carbonyl (C=O) groups excluding carboxylic acids is 2. The van der Waals surface area contributed by atoms with Crippen molar-refractivity contribution in [1.29, 1.82) is 0 Å². The molecule has 1 saturated heterocycles. The van der Waals surface area contributed by atoms with Crippen molar-refractivity contribution in [3.8, 4) is 0 Å². The Morgan fingerprint density at radius 2 is 1.00 bits per heavy atom. The maximum atomic E-state index is 13.3. The van der Waals surface area contributed by atoms with Crippen molar-refractivity contribution in [2.24, 2.45) is 0 Å². The van der Waals surface area contributed by atoms with E-state index in [2.05, 4.69) is 62.5 Å². The van der Waals surface area contributed by atoms with E-state index < -0.39 is 67.4 Å². The lowest BCUT2D eigenvalue weighted by Crippen LogP contribution is -2.61. The number of hydrogen-bond donors (Lipinski definition) is 6. The minimum atomic E-state index is -1.61. The first-order chi connectivity index (χ1) is 35.2. The molecule has 11 nitrogen and oxygen atoms in total. The summed E-state index contributed by atoms with van der Waals surface area (Å²) < 4.78 is 17.6. The lowest BCUT2D eigenvalue weighted by Gasteiger charge is -2.41. The van der Waals surface area contributed by atoms with Crippen molar-refractivity contribution in [3.63, 3.8) is 0 Å². The van der Waals surface area contributed by atoms with Gasteiger partial charge >= 0.3 is 5.97 Å². The summed E-state index contributed by atoms with van der Waals surface area (Å²) in [5.74, 6) is -1.21. The van der Waals surface area contributed by atoms with Crippen molar-refractivity contribution >= 4 is 11.9 Å². The van der Waals surface area contributed by atoms with Crippen LogP contribution in [0.15, 0.2) is 48.6 Å². The molecular weight excluding hydrogens is 907 g/mol. The molecule has 1 aliphatic heterocycles. The number of aliphatic hydroxyl groups excluding tert-OH is 5. The number of carbonyl (C=O) groups is 2. The zero-order valence-electron chi connectivity index (χ0n) is 46.3. The number of unbranched alkanes of at least 4 members (excludes halogenated alkanes) is 30. The third kappa shape index (κ3) is 37.4. The number of esters is 1. The van der Waals surface area contributed by atoms with Crippen molar-refractivity contribution < 1.29 is 49.3 Å². The molecule has 0 saturated carbocycles. The van der Waals surface area contributed by atoms with E-state index in [0.29, 0.717) is 12.8 Å². The number of ether oxygens (including phenoxy) is 3.